The summed E-state index contributed by atoms with van der Waals surface area (Å²) in [5.74, 6) is 0. The highest BCUT2D eigenvalue weighted by Crippen LogP contribution is 2.57. The minimum Gasteiger partial charge on any atom is -0.456 e. The van der Waals surface area contributed by atoms with Gasteiger partial charge in [-0.15, -0.1) is 0 Å². The van der Waals surface area contributed by atoms with Gasteiger partial charge in [0, 0.05) is 10.8 Å². The summed E-state index contributed by atoms with van der Waals surface area (Å²) in [6.45, 7) is 8.32. The third kappa shape index (κ3) is 3.35. The number of rotatable bonds is 3. The number of hydrogen-bond donors (Lipinski definition) is 0. The van der Waals surface area contributed by atoms with Gasteiger partial charge in [-0.05, 0) is 84.7 Å². The Kier molecular flexibility index (Phi) is 5.08. The molecule has 1 aliphatic heterocycles. The molecule has 1 aromatic heterocycles. The molecule has 5 aromatic carbocycles. The van der Waals surface area contributed by atoms with Crippen LogP contribution in [0.2, 0.25) is 0 Å². The zero-order valence-corrected chi connectivity index (χ0v) is 23.8. The van der Waals surface area contributed by atoms with Crippen LogP contribution in [0.5, 0.6) is 0 Å². The summed E-state index contributed by atoms with van der Waals surface area (Å²) in [4.78, 5) is 0. The minimum atomic E-state index is -0.449. The number of benzene rings is 5. The highest BCUT2D eigenvalue weighted by Gasteiger charge is 2.52. The highest BCUT2D eigenvalue weighted by atomic mass is 16.7. The Morgan fingerprint density at radius 2 is 1.10 bits per heavy atom. The maximum Gasteiger partial charge on any atom is 0.494 e. The van der Waals surface area contributed by atoms with E-state index >= 15 is 0 Å². The Morgan fingerprint density at radius 3 is 1.76 bits per heavy atom. The van der Waals surface area contributed by atoms with Crippen LogP contribution < -0.4 is 5.46 Å². The van der Waals surface area contributed by atoms with Crippen molar-refractivity contribution in [1.29, 1.82) is 0 Å². The Balaban J connectivity index is 1.37. The summed E-state index contributed by atoms with van der Waals surface area (Å²) in [6, 6.07) is 41.5. The molecule has 2 heterocycles. The second-order valence-corrected chi connectivity index (χ2v) is 12.4. The van der Waals surface area contributed by atoms with Crippen LogP contribution in [0.15, 0.2) is 120 Å². The molecule has 1 fully saturated rings. The fourth-order valence-electron chi connectivity index (χ4n) is 6.85. The molecule has 0 bridgehead atoms. The summed E-state index contributed by atoms with van der Waals surface area (Å²) >= 11 is 0. The Morgan fingerprint density at radius 1 is 0.512 bits per heavy atom. The van der Waals surface area contributed by atoms with Crippen molar-refractivity contribution in [2.75, 3.05) is 0 Å². The first kappa shape index (κ1) is 24.7. The lowest BCUT2D eigenvalue weighted by Crippen LogP contribution is -2.41. The van der Waals surface area contributed by atoms with Crippen LogP contribution in [0.4, 0.5) is 0 Å². The lowest BCUT2D eigenvalue weighted by molar-refractivity contribution is 0.00578. The topological polar surface area (TPSA) is 31.6 Å². The summed E-state index contributed by atoms with van der Waals surface area (Å²) in [7, 11) is -0.432. The smallest absolute Gasteiger partial charge is 0.456 e. The van der Waals surface area contributed by atoms with Gasteiger partial charge in [0.1, 0.15) is 11.2 Å². The molecule has 0 saturated carbocycles. The van der Waals surface area contributed by atoms with Crippen LogP contribution in [0, 0.1) is 0 Å². The average molecular weight is 534 g/mol. The van der Waals surface area contributed by atoms with Gasteiger partial charge in [-0.3, -0.25) is 0 Å². The maximum atomic E-state index is 6.63. The van der Waals surface area contributed by atoms with E-state index < -0.39 is 23.7 Å². The first-order chi connectivity index (χ1) is 19.8. The van der Waals surface area contributed by atoms with E-state index in [1.165, 1.54) is 33.4 Å². The minimum absolute atomic E-state index is 0.396. The Labute approximate surface area is 240 Å². The predicted octanol–water partition coefficient (Wildman–Crippen LogP) is 8.25. The summed E-state index contributed by atoms with van der Waals surface area (Å²) in [5.41, 5.74) is 9.00. The van der Waals surface area contributed by atoms with Gasteiger partial charge in [-0.2, -0.15) is 0 Å². The zero-order chi connectivity index (χ0) is 28.0. The molecule has 0 unspecified atom stereocenters. The fourth-order valence-corrected chi connectivity index (χ4v) is 6.85. The second kappa shape index (κ2) is 8.45. The van der Waals surface area contributed by atoms with E-state index in [0.717, 1.165) is 27.4 Å². The van der Waals surface area contributed by atoms with Crippen molar-refractivity contribution in [1.82, 2.24) is 0 Å². The van der Waals surface area contributed by atoms with E-state index in [4.69, 9.17) is 13.7 Å². The average Bonchev–Trinajstić information content (AvgIpc) is 3.56. The van der Waals surface area contributed by atoms with Crippen molar-refractivity contribution in [3.8, 4) is 11.1 Å². The molecule has 4 heteroatoms. The van der Waals surface area contributed by atoms with Gasteiger partial charge in [0.2, 0.25) is 0 Å². The third-order valence-electron chi connectivity index (χ3n) is 9.60. The molecule has 2 aliphatic rings. The van der Waals surface area contributed by atoms with Crippen LogP contribution >= 0.6 is 0 Å². The molecule has 0 spiro atoms. The van der Waals surface area contributed by atoms with Gasteiger partial charge < -0.3 is 13.7 Å². The Bertz CT molecular complexity index is 1900. The predicted molar refractivity (Wildman–Crippen MR) is 167 cm³/mol. The van der Waals surface area contributed by atoms with Crippen LogP contribution in [-0.2, 0) is 14.7 Å². The second-order valence-electron chi connectivity index (χ2n) is 12.4. The summed E-state index contributed by atoms with van der Waals surface area (Å²) in [5, 5.41) is 2.21. The number of hydrogen-bond acceptors (Lipinski definition) is 3. The van der Waals surface area contributed by atoms with Crippen molar-refractivity contribution in [3.05, 3.63) is 138 Å². The van der Waals surface area contributed by atoms with Crippen LogP contribution in [-0.4, -0.2) is 18.3 Å². The van der Waals surface area contributed by atoms with E-state index in [2.05, 4.69) is 143 Å². The summed E-state index contributed by atoms with van der Waals surface area (Å²) < 4.78 is 19.3. The first-order valence-electron chi connectivity index (χ1n) is 14.4. The van der Waals surface area contributed by atoms with Crippen molar-refractivity contribution in [3.63, 3.8) is 0 Å². The molecule has 6 aromatic rings. The van der Waals surface area contributed by atoms with Gasteiger partial charge in [0.15, 0.2) is 0 Å². The van der Waals surface area contributed by atoms with Gasteiger partial charge in [-0.25, -0.2) is 0 Å². The molecular formula is C37H31BO3. The normalized spacial score (nSPS) is 18.1. The van der Waals surface area contributed by atoms with E-state index in [0.29, 0.717) is 0 Å². The monoisotopic (exact) mass is 534 g/mol. The molecule has 3 nitrogen and oxygen atoms in total. The summed E-state index contributed by atoms with van der Waals surface area (Å²) in [6.07, 6.45) is 0. The van der Waals surface area contributed by atoms with Gasteiger partial charge in [-0.1, -0.05) is 97.1 Å². The molecule has 1 saturated heterocycles. The van der Waals surface area contributed by atoms with Gasteiger partial charge in [0.25, 0.3) is 0 Å². The molecule has 8 rings (SSSR count). The van der Waals surface area contributed by atoms with Crippen molar-refractivity contribution < 1.29 is 13.7 Å². The van der Waals surface area contributed by atoms with Crippen LogP contribution in [0.25, 0.3) is 33.1 Å². The maximum absolute atomic E-state index is 6.63. The largest absolute Gasteiger partial charge is 0.494 e. The van der Waals surface area contributed by atoms with Crippen molar-refractivity contribution in [2.24, 2.45) is 0 Å². The van der Waals surface area contributed by atoms with E-state index in [1.807, 2.05) is 0 Å². The lowest BCUT2D eigenvalue weighted by atomic mass is 9.67. The SMILES string of the molecule is CC1(C)OB(c2ccc3c(c2)oc2cc4c(cc23)-c2ccccc2C4(c2ccccc2)c2ccccc2)OC1(C)C. The molecule has 0 N–H and O–H groups in total. The van der Waals surface area contributed by atoms with E-state index in [9.17, 15) is 0 Å². The quantitative estimate of drug-likeness (QED) is 0.214. The molecular weight excluding hydrogens is 503 g/mol. The van der Waals surface area contributed by atoms with E-state index in [-0.39, 0.29) is 0 Å². The molecule has 0 amide bonds. The Hall–Kier alpha value is -4.12. The standard InChI is InChI=1S/C37H31BO3/c1-35(2)36(3,4)41-38(40-35)26-19-20-28-30-22-29-27-17-11-12-18-31(27)37(24-13-7-5-8-14-24,25-15-9-6-10-16-25)32(29)23-34(30)39-33(28)21-26/h5-23H,1-4H3. The highest BCUT2D eigenvalue weighted by molar-refractivity contribution is 6.62. The van der Waals surface area contributed by atoms with Crippen molar-refractivity contribution in [2.45, 2.75) is 44.3 Å². The lowest BCUT2D eigenvalue weighted by Gasteiger charge is -2.33. The third-order valence-corrected chi connectivity index (χ3v) is 9.60. The van der Waals surface area contributed by atoms with Crippen molar-refractivity contribution >= 4 is 34.5 Å². The molecule has 1 aliphatic carbocycles. The first-order valence-corrected chi connectivity index (χ1v) is 14.4. The van der Waals surface area contributed by atoms with Gasteiger partial charge in [0.05, 0.1) is 16.6 Å². The van der Waals surface area contributed by atoms with Crippen LogP contribution in [0.1, 0.15) is 49.9 Å². The van der Waals surface area contributed by atoms with E-state index in [1.54, 1.807) is 0 Å². The zero-order valence-electron chi connectivity index (χ0n) is 23.8. The van der Waals surface area contributed by atoms with Crippen LogP contribution in [0.3, 0.4) is 0 Å². The fraction of sp³-hybridized carbons (Fsp3) is 0.189. The molecule has 200 valence electrons. The number of fused-ring (bicyclic) bond motifs is 6. The molecule has 0 radical (unpaired) electrons. The molecule has 0 atom stereocenters. The molecule has 41 heavy (non-hydrogen) atoms. The number of furan rings is 1. The van der Waals surface area contributed by atoms with Gasteiger partial charge >= 0.3 is 7.12 Å².